The first kappa shape index (κ1) is 12.9. The molecule has 4 heteroatoms. The summed E-state index contributed by atoms with van der Waals surface area (Å²) >= 11 is 0. The Morgan fingerprint density at radius 3 is 2.71 bits per heavy atom. The van der Waals surface area contributed by atoms with Gasteiger partial charge in [-0.3, -0.25) is 10.1 Å². The summed E-state index contributed by atoms with van der Waals surface area (Å²) in [6, 6.07) is 0. The van der Waals surface area contributed by atoms with Crippen LogP contribution < -0.4 is 5.32 Å². The van der Waals surface area contributed by atoms with Crippen molar-refractivity contribution in [3.05, 3.63) is 0 Å². The van der Waals surface area contributed by atoms with E-state index in [0.29, 0.717) is 18.9 Å². The lowest BCUT2D eigenvalue weighted by Gasteiger charge is -2.13. The molecule has 14 heavy (non-hydrogen) atoms. The summed E-state index contributed by atoms with van der Waals surface area (Å²) in [6.45, 7) is 4.60. The molecule has 0 aromatic carbocycles. The predicted molar refractivity (Wildman–Crippen MR) is 53.9 cm³/mol. The summed E-state index contributed by atoms with van der Waals surface area (Å²) in [7, 11) is 0. The van der Waals surface area contributed by atoms with E-state index in [9.17, 15) is 9.59 Å². The van der Waals surface area contributed by atoms with Gasteiger partial charge in [-0.05, 0) is 12.3 Å². The number of imide groups is 1. The van der Waals surface area contributed by atoms with Crippen molar-refractivity contribution in [1.29, 1.82) is 0 Å². The predicted octanol–water partition coefficient (Wildman–Crippen LogP) is 2.09. The van der Waals surface area contributed by atoms with Gasteiger partial charge in [-0.25, -0.2) is 4.79 Å². The first-order valence-corrected chi connectivity index (χ1v) is 5.11. The van der Waals surface area contributed by atoms with Crippen molar-refractivity contribution in [1.82, 2.24) is 5.32 Å². The lowest BCUT2D eigenvalue weighted by atomic mass is 10.0. The van der Waals surface area contributed by atoms with Gasteiger partial charge in [-0.1, -0.05) is 33.1 Å². The van der Waals surface area contributed by atoms with E-state index in [1.165, 1.54) is 0 Å². The van der Waals surface area contributed by atoms with Crippen molar-refractivity contribution in [3.63, 3.8) is 0 Å². The van der Waals surface area contributed by atoms with Gasteiger partial charge in [0.25, 0.3) is 0 Å². The van der Waals surface area contributed by atoms with Crippen molar-refractivity contribution in [2.24, 2.45) is 5.92 Å². The molecular formula is C10H19NO3. The Balaban J connectivity index is 3.60. The average Bonchev–Trinajstić information content (AvgIpc) is 2.19. The highest BCUT2D eigenvalue weighted by Gasteiger charge is 2.08. The zero-order chi connectivity index (χ0) is 10.8. The molecule has 0 aliphatic carbocycles. The van der Waals surface area contributed by atoms with Gasteiger partial charge in [0.1, 0.15) is 0 Å². The zero-order valence-electron chi connectivity index (χ0n) is 8.91. The van der Waals surface area contributed by atoms with E-state index in [4.69, 9.17) is 4.74 Å². The summed E-state index contributed by atoms with van der Waals surface area (Å²) < 4.78 is 4.85. The molecule has 2 amide bonds. The highest BCUT2D eigenvalue weighted by atomic mass is 16.5. The smallest absolute Gasteiger partial charge is 0.413 e. The summed E-state index contributed by atoms with van der Waals surface area (Å²) in [5.74, 6) is 0.410. The van der Waals surface area contributed by atoms with Crippen LogP contribution >= 0.6 is 0 Å². The van der Waals surface area contributed by atoms with Crippen LogP contribution in [0.4, 0.5) is 4.79 Å². The number of amides is 2. The lowest BCUT2D eigenvalue weighted by Crippen LogP contribution is -2.24. The Hall–Kier alpha value is -1.06. The molecule has 0 aromatic heterocycles. The fraction of sp³-hybridized carbons (Fsp3) is 0.800. The molecule has 1 unspecified atom stereocenters. The maximum Gasteiger partial charge on any atom is 0.413 e. The molecule has 0 bridgehead atoms. The van der Waals surface area contributed by atoms with Gasteiger partial charge in [0.05, 0.1) is 6.61 Å². The number of ether oxygens (including phenoxy) is 1. The average molecular weight is 201 g/mol. The lowest BCUT2D eigenvalue weighted by molar-refractivity contribution is -0.109. The molecule has 4 nitrogen and oxygen atoms in total. The first-order chi connectivity index (χ1) is 6.74. The summed E-state index contributed by atoms with van der Waals surface area (Å²) in [5, 5.41) is 1.94. The number of alkyl carbamates (subject to hydrolysis) is 1. The fourth-order valence-corrected chi connectivity index (χ4v) is 1.18. The Morgan fingerprint density at radius 2 is 2.21 bits per heavy atom. The normalized spacial score (nSPS) is 11.9. The molecule has 1 N–H and O–H groups in total. The number of carbonyl (C=O) groups is 2. The SMILES string of the molecule is CCCCC(CC)COC(=O)NC=O. The van der Waals surface area contributed by atoms with Crippen LogP contribution in [-0.4, -0.2) is 19.1 Å². The molecule has 0 rings (SSSR count). The van der Waals surface area contributed by atoms with E-state index in [2.05, 4.69) is 13.8 Å². The molecule has 0 fully saturated rings. The van der Waals surface area contributed by atoms with Crippen LogP contribution in [0.15, 0.2) is 0 Å². The van der Waals surface area contributed by atoms with Crippen molar-refractivity contribution in [3.8, 4) is 0 Å². The quantitative estimate of drug-likeness (QED) is 0.641. The molecule has 0 saturated heterocycles. The molecule has 0 radical (unpaired) electrons. The van der Waals surface area contributed by atoms with Crippen LogP contribution in [0.25, 0.3) is 0 Å². The van der Waals surface area contributed by atoms with Crippen molar-refractivity contribution < 1.29 is 14.3 Å². The van der Waals surface area contributed by atoms with Crippen LogP contribution in [0.3, 0.4) is 0 Å². The van der Waals surface area contributed by atoms with E-state index >= 15 is 0 Å². The number of rotatable bonds is 7. The minimum Gasteiger partial charge on any atom is -0.449 e. The standard InChI is InChI=1S/C10H19NO3/c1-3-5-6-9(4-2)7-14-10(13)11-8-12/h8-9H,3-7H2,1-2H3,(H,11,12,13). The molecule has 1 atom stereocenters. The zero-order valence-corrected chi connectivity index (χ0v) is 8.91. The summed E-state index contributed by atoms with van der Waals surface area (Å²) in [6.07, 6.45) is 4.04. The van der Waals surface area contributed by atoms with Crippen molar-refractivity contribution in [2.45, 2.75) is 39.5 Å². The maximum atomic E-state index is 10.8. The topological polar surface area (TPSA) is 55.4 Å². The molecular weight excluding hydrogens is 182 g/mol. The van der Waals surface area contributed by atoms with Crippen LogP contribution in [-0.2, 0) is 9.53 Å². The maximum absolute atomic E-state index is 10.8. The van der Waals surface area contributed by atoms with E-state index in [-0.39, 0.29) is 0 Å². The third-order valence-electron chi connectivity index (χ3n) is 2.17. The minimum absolute atomic E-state index is 0.329. The van der Waals surface area contributed by atoms with Crippen LogP contribution in [0, 0.1) is 5.92 Å². The molecule has 0 aliphatic rings. The molecule has 0 aromatic rings. The molecule has 0 aliphatic heterocycles. The number of hydrogen-bond donors (Lipinski definition) is 1. The Bertz CT molecular complexity index is 171. The van der Waals surface area contributed by atoms with E-state index in [1.807, 2.05) is 5.32 Å². The second kappa shape index (κ2) is 8.53. The second-order valence-electron chi connectivity index (χ2n) is 3.28. The van der Waals surface area contributed by atoms with E-state index in [0.717, 1.165) is 25.7 Å². The van der Waals surface area contributed by atoms with Gasteiger partial charge in [0.2, 0.25) is 6.41 Å². The Morgan fingerprint density at radius 1 is 1.50 bits per heavy atom. The monoisotopic (exact) mass is 201 g/mol. The van der Waals surface area contributed by atoms with Gasteiger partial charge in [-0.15, -0.1) is 0 Å². The molecule has 0 spiro atoms. The second-order valence-corrected chi connectivity index (χ2v) is 3.28. The number of carbonyl (C=O) groups excluding carboxylic acids is 2. The number of hydrogen-bond acceptors (Lipinski definition) is 3. The number of unbranched alkanes of at least 4 members (excludes halogenated alkanes) is 1. The summed E-state index contributed by atoms with van der Waals surface area (Å²) in [4.78, 5) is 20.7. The van der Waals surface area contributed by atoms with Gasteiger partial charge in [0, 0.05) is 0 Å². The van der Waals surface area contributed by atoms with E-state index in [1.54, 1.807) is 0 Å². The van der Waals surface area contributed by atoms with Gasteiger partial charge < -0.3 is 4.74 Å². The third-order valence-corrected chi connectivity index (χ3v) is 2.17. The van der Waals surface area contributed by atoms with Crippen LogP contribution in [0.1, 0.15) is 39.5 Å². The molecule has 0 saturated carbocycles. The van der Waals surface area contributed by atoms with Crippen molar-refractivity contribution >= 4 is 12.5 Å². The molecule has 0 heterocycles. The highest BCUT2D eigenvalue weighted by molar-refractivity contribution is 5.79. The van der Waals surface area contributed by atoms with Gasteiger partial charge >= 0.3 is 6.09 Å². The molecule has 82 valence electrons. The van der Waals surface area contributed by atoms with Gasteiger partial charge in [0.15, 0.2) is 0 Å². The Kier molecular flexibility index (Phi) is 7.89. The van der Waals surface area contributed by atoms with Crippen LogP contribution in [0.5, 0.6) is 0 Å². The van der Waals surface area contributed by atoms with E-state index < -0.39 is 6.09 Å². The van der Waals surface area contributed by atoms with Gasteiger partial charge in [-0.2, -0.15) is 0 Å². The Labute approximate surface area is 85.0 Å². The first-order valence-electron chi connectivity index (χ1n) is 5.11. The highest BCUT2D eigenvalue weighted by Crippen LogP contribution is 2.12. The van der Waals surface area contributed by atoms with Crippen LogP contribution in [0.2, 0.25) is 0 Å². The fourth-order valence-electron chi connectivity index (χ4n) is 1.18. The largest absolute Gasteiger partial charge is 0.449 e. The van der Waals surface area contributed by atoms with Crippen molar-refractivity contribution in [2.75, 3.05) is 6.61 Å². The summed E-state index contributed by atoms with van der Waals surface area (Å²) in [5.41, 5.74) is 0. The minimum atomic E-state index is -0.657. The third kappa shape index (κ3) is 6.46. The number of nitrogens with one attached hydrogen (secondary N) is 1.